The van der Waals surface area contributed by atoms with Crippen LogP contribution in [0.3, 0.4) is 0 Å². The molecule has 0 fully saturated rings. The number of anilines is 1. The average Bonchev–Trinajstić information content (AvgIpc) is 2.57. The second-order valence-corrected chi connectivity index (χ2v) is 5.63. The Morgan fingerprint density at radius 3 is 2.50 bits per heavy atom. The van der Waals surface area contributed by atoms with E-state index in [1.807, 2.05) is 6.92 Å². The summed E-state index contributed by atoms with van der Waals surface area (Å²) in [5.41, 5.74) is 2.25. The highest BCUT2D eigenvalue weighted by Gasteiger charge is 2.10. The number of amides is 1. The predicted octanol–water partition coefficient (Wildman–Crippen LogP) is 3.38. The molecule has 126 valence electrons. The molecule has 5 nitrogen and oxygen atoms in total. The Balaban J connectivity index is 1.82. The van der Waals surface area contributed by atoms with Gasteiger partial charge >= 0.3 is 5.97 Å². The molecule has 2 rings (SSSR count). The zero-order valence-electron chi connectivity index (χ0n) is 13.5. The zero-order valence-corrected chi connectivity index (χ0v) is 14.2. The maximum atomic E-state index is 11.9. The summed E-state index contributed by atoms with van der Waals surface area (Å²) >= 11 is 5.89. The van der Waals surface area contributed by atoms with Crippen molar-refractivity contribution in [2.75, 3.05) is 19.0 Å². The van der Waals surface area contributed by atoms with Gasteiger partial charge in [-0.05, 0) is 42.3 Å². The molecule has 6 heteroatoms. The summed E-state index contributed by atoms with van der Waals surface area (Å²) in [6.07, 6.45) is 0.0907. The summed E-state index contributed by atoms with van der Waals surface area (Å²) in [7, 11) is 1.57. The summed E-state index contributed by atoms with van der Waals surface area (Å²) in [4.78, 5) is 23.7. The topological polar surface area (TPSA) is 64.6 Å². The number of methoxy groups -OCH3 is 1. The van der Waals surface area contributed by atoms with Crippen molar-refractivity contribution in [3.05, 3.63) is 58.6 Å². The fourth-order valence-electron chi connectivity index (χ4n) is 2.02. The molecule has 0 saturated heterocycles. The number of hydrogen-bond donors (Lipinski definition) is 1. The molecule has 0 aliphatic heterocycles. The first-order valence-corrected chi connectivity index (χ1v) is 7.70. The fourth-order valence-corrected chi connectivity index (χ4v) is 2.19. The first-order valence-electron chi connectivity index (χ1n) is 7.32. The van der Waals surface area contributed by atoms with E-state index < -0.39 is 11.9 Å². The molecule has 0 aliphatic rings. The van der Waals surface area contributed by atoms with E-state index in [4.69, 9.17) is 21.1 Å². The van der Waals surface area contributed by atoms with E-state index >= 15 is 0 Å². The number of nitrogens with one attached hydrogen (secondary N) is 1. The molecule has 0 saturated carbocycles. The maximum Gasteiger partial charge on any atom is 0.310 e. The predicted molar refractivity (Wildman–Crippen MR) is 92.5 cm³/mol. The molecule has 0 aliphatic carbocycles. The molecule has 24 heavy (non-hydrogen) atoms. The second kappa shape index (κ2) is 8.36. The summed E-state index contributed by atoms with van der Waals surface area (Å²) in [5.74, 6) is -0.176. The second-order valence-electron chi connectivity index (χ2n) is 5.19. The van der Waals surface area contributed by atoms with Crippen LogP contribution in [0.2, 0.25) is 5.02 Å². The van der Waals surface area contributed by atoms with Crippen molar-refractivity contribution in [3.63, 3.8) is 0 Å². The van der Waals surface area contributed by atoms with Crippen LogP contribution in [0.1, 0.15) is 11.1 Å². The molecule has 0 atom stereocenters. The van der Waals surface area contributed by atoms with Crippen molar-refractivity contribution in [2.45, 2.75) is 13.3 Å². The van der Waals surface area contributed by atoms with Crippen LogP contribution in [0, 0.1) is 6.92 Å². The number of carbonyl (C=O) groups excluding carboxylic acids is 2. The maximum absolute atomic E-state index is 11.9. The summed E-state index contributed by atoms with van der Waals surface area (Å²) in [6.45, 7) is 1.50. The Bertz CT molecular complexity index is 728. The van der Waals surface area contributed by atoms with Gasteiger partial charge in [-0.3, -0.25) is 9.59 Å². The Kier molecular flexibility index (Phi) is 6.21. The Morgan fingerprint density at radius 1 is 1.12 bits per heavy atom. The van der Waals surface area contributed by atoms with Crippen LogP contribution in [0.4, 0.5) is 5.69 Å². The Hall–Kier alpha value is -2.53. The molecule has 1 amide bonds. The standard InChI is InChI=1S/C18H18ClNO4/c1-12-3-6-14(19)10-16(12)20-17(21)11-24-18(22)9-13-4-7-15(23-2)8-5-13/h3-8,10H,9,11H2,1-2H3,(H,20,21). The SMILES string of the molecule is COc1ccc(CC(=O)OCC(=O)Nc2cc(Cl)ccc2C)cc1. The van der Waals surface area contributed by atoms with Gasteiger partial charge in [0, 0.05) is 10.7 Å². The van der Waals surface area contributed by atoms with Gasteiger partial charge in [0.25, 0.3) is 5.91 Å². The van der Waals surface area contributed by atoms with Crippen LogP contribution in [-0.2, 0) is 20.7 Å². The molecule has 0 heterocycles. The van der Waals surface area contributed by atoms with Crippen molar-refractivity contribution in [1.82, 2.24) is 0 Å². The number of ether oxygens (including phenoxy) is 2. The van der Waals surface area contributed by atoms with Gasteiger partial charge in [0.2, 0.25) is 0 Å². The summed E-state index contributed by atoms with van der Waals surface area (Å²) in [6, 6.07) is 12.3. The van der Waals surface area contributed by atoms with Crippen molar-refractivity contribution in [1.29, 1.82) is 0 Å². The lowest BCUT2D eigenvalue weighted by molar-refractivity contribution is -0.146. The number of hydrogen-bond acceptors (Lipinski definition) is 4. The highest BCUT2D eigenvalue weighted by Crippen LogP contribution is 2.20. The summed E-state index contributed by atoms with van der Waals surface area (Å²) in [5, 5.41) is 3.19. The number of carbonyl (C=O) groups is 2. The number of esters is 1. The first kappa shape index (κ1) is 17.8. The van der Waals surface area contributed by atoms with Crippen LogP contribution in [0.15, 0.2) is 42.5 Å². The molecule has 2 aromatic carbocycles. The van der Waals surface area contributed by atoms with Gasteiger partial charge in [-0.2, -0.15) is 0 Å². The molecule has 0 bridgehead atoms. The van der Waals surface area contributed by atoms with Crippen LogP contribution in [-0.4, -0.2) is 25.6 Å². The molecule has 0 radical (unpaired) electrons. The molecule has 1 N–H and O–H groups in total. The van der Waals surface area contributed by atoms with Gasteiger partial charge in [-0.15, -0.1) is 0 Å². The van der Waals surface area contributed by atoms with Gasteiger partial charge in [0.15, 0.2) is 6.61 Å². The van der Waals surface area contributed by atoms with Crippen LogP contribution in [0.5, 0.6) is 5.75 Å². The lowest BCUT2D eigenvalue weighted by Crippen LogP contribution is -2.22. The van der Waals surface area contributed by atoms with Gasteiger partial charge in [-0.25, -0.2) is 0 Å². The van der Waals surface area contributed by atoms with Crippen molar-refractivity contribution < 1.29 is 19.1 Å². The van der Waals surface area contributed by atoms with Gasteiger partial charge < -0.3 is 14.8 Å². The highest BCUT2D eigenvalue weighted by atomic mass is 35.5. The van der Waals surface area contributed by atoms with E-state index in [0.29, 0.717) is 16.5 Å². The molecule has 2 aromatic rings. The number of rotatable bonds is 6. The Labute approximate surface area is 145 Å². The molecule has 0 aromatic heterocycles. The molecule has 0 unspecified atom stereocenters. The minimum absolute atomic E-state index is 0.0907. The monoisotopic (exact) mass is 347 g/mol. The Morgan fingerprint density at radius 2 is 1.83 bits per heavy atom. The third-order valence-corrected chi connectivity index (χ3v) is 3.58. The van der Waals surface area contributed by atoms with Crippen molar-refractivity contribution >= 4 is 29.2 Å². The molecule has 0 spiro atoms. The van der Waals surface area contributed by atoms with Crippen molar-refractivity contribution in [2.24, 2.45) is 0 Å². The van der Waals surface area contributed by atoms with Crippen LogP contribution >= 0.6 is 11.6 Å². The third kappa shape index (κ3) is 5.28. The minimum atomic E-state index is -0.474. The zero-order chi connectivity index (χ0) is 17.5. The normalized spacial score (nSPS) is 10.1. The van der Waals surface area contributed by atoms with E-state index in [9.17, 15) is 9.59 Å². The lowest BCUT2D eigenvalue weighted by atomic mass is 10.1. The van der Waals surface area contributed by atoms with Gasteiger partial charge in [0.05, 0.1) is 13.5 Å². The number of benzene rings is 2. The molecular weight excluding hydrogens is 330 g/mol. The van der Waals surface area contributed by atoms with Crippen LogP contribution in [0.25, 0.3) is 0 Å². The smallest absolute Gasteiger partial charge is 0.310 e. The minimum Gasteiger partial charge on any atom is -0.497 e. The van der Waals surface area contributed by atoms with E-state index in [1.165, 1.54) is 0 Å². The van der Waals surface area contributed by atoms with Gasteiger partial charge in [0.1, 0.15) is 5.75 Å². The van der Waals surface area contributed by atoms with Gasteiger partial charge in [-0.1, -0.05) is 29.8 Å². The van der Waals surface area contributed by atoms with E-state index in [2.05, 4.69) is 5.32 Å². The third-order valence-electron chi connectivity index (χ3n) is 3.35. The van der Waals surface area contributed by atoms with Crippen LogP contribution < -0.4 is 10.1 Å². The number of aryl methyl sites for hydroxylation is 1. The quantitative estimate of drug-likeness (QED) is 0.813. The molecular formula is C18H18ClNO4. The number of halogens is 1. The lowest BCUT2D eigenvalue weighted by Gasteiger charge is -2.09. The average molecular weight is 348 g/mol. The first-order chi connectivity index (χ1) is 11.5. The largest absolute Gasteiger partial charge is 0.497 e. The fraction of sp³-hybridized carbons (Fsp3) is 0.222. The highest BCUT2D eigenvalue weighted by molar-refractivity contribution is 6.31. The van der Waals surface area contributed by atoms with E-state index in [1.54, 1.807) is 49.6 Å². The van der Waals surface area contributed by atoms with E-state index in [-0.39, 0.29) is 13.0 Å². The van der Waals surface area contributed by atoms with Crippen molar-refractivity contribution in [3.8, 4) is 5.75 Å². The van der Waals surface area contributed by atoms with E-state index in [0.717, 1.165) is 11.1 Å². The summed E-state index contributed by atoms with van der Waals surface area (Å²) < 4.78 is 10.0.